The van der Waals surface area contributed by atoms with Gasteiger partial charge in [-0.3, -0.25) is 9.69 Å². The van der Waals surface area contributed by atoms with E-state index in [2.05, 4.69) is 20.4 Å². The molecule has 33 heavy (non-hydrogen) atoms. The number of hydrogen-bond donors (Lipinski definition) is 1. The van der Waals surface area contributed by atoms with Gasteiger partial charge in [-0.25, -0.2) is 9.18 Å². The Morgan fingerprint density at radius 1 is 1.18 bits per heavy atom. The summed E-state index contributed by atoms with van der Waals surface area (Å²) in [7, 11) is 0. The van der Waals surface area contributed by atoms with E-state index >= 15 is 0 Å². The number of likely N-dealkylation sites (tertiary alicyclic amines) is 1. The fraction of sp³-hybridized carbons (Fsp3) is 0.333. The van der Waals surface area contributed by atoms with Crippen molar-refractivity contribution in [2.24, 2.45) is 5.92 Å². The number of ether oxygens (including phenoxy) is 1. The number of hydrogen-bond acceptors (Lipinski definition) is 7. The van der Waals surface area contributed by atoms with Crippen LogP contribution >= 0.6 is 0 Å². The number of piperidine rings is 1. The van der Waals surface area contributed by atoms with E-state index in [9.17, 15) is 14.0 Å². The first kappa shape index (κ1) is 22.6. The molecule has 4 rings (SSSR count). The quantitative estimate of drug-likeness (QED) is 0.543. The third kappa shape index (κ3) is 5.81. The standard InChI is InChI=1S/C24H25FN4O4/c1-2-32-24(31)17-7-11-20(12-8-17)26-23(30)18-4-3-13-29(14-18)15-21-27-22(28-33-21)16-5-9-19(25)10-6-16/h5-12,18H,2-4,13-15H2,1H3,(H,26,30). The van der Waals surface area contributed by atoms with Crippen LogP contribution in [-0.2, 0) is 16.1 Å². The Labute approximate surface area is 190 Å². The van der Waals surface area contributed by atoms with Gasteiger partial charge in [0.2, 0.25) is 17.6 Å². The predicted octanol–water partition coefficient (Wildman–Crippen LogP) is 3.90. The molecule has 0 saturated carbocycles. The zero-order valence-corrected chi connectivity index (χ0v) is 18.3. The topological polar surface area (TPSA) is 97.6 Å². The van der Waals surface area contributed by atoms with Crippen molar-refractivity contribution in [3.8, 4) is 11.4 Å². The van der Waals surface area contributed by atoms with E-state index < -0.39 is 0 Å². The smallest absolute Gasteiger partial charge is 0.338 e. The van der Waals surface area contributed by atoms with Gasteiger partial charge in [-0.15, -0.1) is 0 Å². The van der Waals surface area contributed by atoms with Crippen molar-refractivity contribution in [3.63, 3.8) is 0 Å². The highest BCUT2D eigenvalue weighted by Gasteiger charge is 2.27. The van der Waals surface area contributed by atoms with Crippen LogP contribution in [0.5, 0.6) is 0 Å². The lowest BCUT2D eigenvalue weighted by Gasteiger charge is -2.30. The molecule has 0 bridgehead atoms. The van der Waals surface area contributed by atoms with Gasteiger partial charge in [-0.1, -0.05) is 5.16 Å². The van der Waals surface area contributed by atoms with Crippen molar-refractivity contribution in [2.75, 3.05) is 25.0 Å². The largest absolute Gasteiger partial charge is 0.462 e. The number of halogens is 1. The maximum Gasteiger partial charge on any atom is 0.338 e. The van der Waals surface area contributed by atoms with Gasteiger partial charge in [0.15, 0.2) is 0 Å². The summed E-state index contributed by atoms with van der Waals surface area (Å²) < 4.78 is 23.4. The highest BCUT2D eigenvalue weighted by atomic mass is 19.1. The van der Waals surface area contributed by atoms with E-state index in [0.717, 1.165) is 19.4 Å². The molecule has 9 heteroatoms. The van der Waals surface area contributed by atoms with Gasteiger partial charge < -0.3 is 14.6 Å². The van der Waals surface area contributed by atoms with Crippen LogP contribution in [0.1, 0.15) is 36.0 Å². The van der Waals surface area contributed by atoms with Crippen LogP contribution in [0, 0.1) is 11.7 Å². The molecule has 1 saturated heterocycles. The maximum absolute atomic E-state index is 13.1. The fourth-order valence-electron chi connectivity index (χ4n) is 3.79. The van der Waals surface area contributed by atoms with Crippen LogP contribution in [0.4, 0.5) is 10.1 Å². The molecule has 2 heterocycles. The highest BCUT2D eigenvalue weighted by Crippen LogP contribution is 2.22. The van der Waals surface area contributed by atoms with Crippen molar-refractivity contribution >= 4 is 17.6 Å². The Kier molecular flexibility index (Phi) is 7.09. The van der Waals surface area contributed by atoms with Crippen molar-refractivity contribution in [1.82, 2.24) is 15.0 Å². The van der Waals surface area contributed by atoms with Crippen LogP contribution in [0.15, 0.2) is 53.1 Å². The van der Waals surface area contributed by atoms with Crippen LogP contribution < -0.4 is 5.32 Å². The number of benzene rings is 2. The summed E-state index contributed by atoms with van der Waals surface area (Å²) in [5.74, 6) is -0.103. The third-order valence-electron chi connectivity index (χ3n) is 5.47. The van der Waals surface area contributed by atoms with Gasteiger partial charge in [0, 0.05) is 17.8 Å². The first-order valence-corrected chi connectivity index (χ1v) is 10.9. The van der Waals surface area contributed by atoms with E-state index in [0.29, 0.717) is 48.2 Å². The Balaban J connectivity index is 1.32. The van der Waals surface area contributed by atoms with Gasteiger partial charge in [0.25, 0.3) is 0 Å². The SMILES string of the molecule is CCOC(=O)c1ccc(NC(=O)C2CCCN(Cc3nc(-c4ccc(F)cc4)no3)C2)cc1. The van der Waals surface area contributed by atoms with Crippen LogP contribution in [-0.4, -0.2) is 46.6 Å². The molecule has 3 aromatic rings. The molecule has 0 radical (unpaired) electrons. The lowest BCUT2D eigenvalue weighted by molar-refractivity contribution is -0.121. The Hall–Kier alpha value is -3.59. The summed E-state index contributed by atoms with van der Waals surface area (Å²) in [6.45, 7) is 3.90. The zero-order chi connectivity index (χ0) is 23.2. The molecule has 8 nitrogen and oxygen atoms in total. The average molecular weight is 452 g/mol. The van der Waals surface area contributed by atoms with Crippen LogP contribution in [0.2, 0.25) is 0 Å². The number of carbonyl (C=O) groups is 2. The summed E-state index contributed by atoms with van der Waals surface area (Å²) in [6.07, 6.45) is 1.66. The number of aromatic nitrogens is 2. The first-order valence-electron chi connectivity index (χ1n) is 10.9. The number of carbonyl (C=O) groups excluding carboxylic acids is 2. The average Bonchev–Trinajstić information content (AvgIpc) is 3.28. The molecule has 2 aromatic carbocycles. The second kappa shape index (κ2) is 10.4. The number of nitrogens with one attached hydrogen (secondary N) is 1. The van der Waals surface area contributed by atoms with Gasteiger partial charge in [-0.05, 0) is 74.8 Å². The van der Waals surface area contributed by atoms with Gasteiger partial charge in [0.05, 0.1) is 24.6 Å². The third-order valence-corrected chi connectivity index (χ3v) is 5.47. The second-order valence-corrected chi connectivity index (χ2v) is 7.88. The normalized spacial score (nSPS) is 16.4. The van der Waals surface area contributed by atoms with E-state index in [1.807, 2.05) is 0 Å². The minimum absolute atomic E-state index is 0.0684. The molecule has 1 N–H and O–H groups in total. The number of anilines is 1. The number of esters is 1. The van der Waals surface area contributed by atoms with Gasteiger partial charge >= 0.3 is 5.97 Å². The molecular weight excluding hydrogens is 427 g/mol. The number of nitrogens with zero attached hydrogens (tertiary/aromatic N) is 3. The summed E-state index contributed by atoms with van der Waals surface area (Å²) in [5, 5.41) is 6.90. The highest BCUT2D eigenvalue weighted by molar-refractivity contribution is 5.94. The van der Waals surface area contributed by atoms with Crippen molar-refractivity contribution in [1.29, 1.82) is 0 Å². The molecule has 1 unspecified atom stereocenters. The van der Waals surface area contributed by atoms with E-state index in [4.69, 9.17) is 9.26 Å². The maximum atomic E-state index is 13.1. The minimum Gasteiger partial charge on any atom is -0.462 e. The van der Waals surface area contributed by atoms with Crippen molar-refractivity contribution < 1.29 is 23.2 Å². The summed E-state index contributed by atoms with van der Waals surface area (Å²) in [5.41, 5.74) is 1.75. The lowest BCUT2D eigenvalue weighted by atomic mass is 9.97. The summed E-state index contributed by atoms with van der Waals surface area (Å²) >= 11 is 0. The molecule has 1 aliphatic heterocycles. The van der Waals surface area contributed by atoms with Crippen LogP contribution in [0.25, 0.3) is 11.4 Å². The monoisotopic (exact) mass is 452 g/mol. The zero-order valence-electron chi connectivity index (χ0n) is 18.3. The summed E-state index contributed by atoms with van der Waals surface area (Å²) in [6, 6.07) is 12.6. The molecular formula is C24H25FN4O4. The van der Waals surface area contributed by atoms with E-state index in [1.54, 1.807) is 43.3 Å². The predicted molar refractivity (Wildman–Crippen MR) is 119 cm³/mol. The first-order chi connectivity index (χ1) is 16.0. The lowest BCUT2D eigenvalue weighted by Crippen LogP contribution is -2.40. The fourth-order valence-corrected chi connectivity index (χ4v) is 3.79. The molecule has 1 fully saturated rings. The molecule has 172 valence electrons. The Morgan fingerprint density at radius 3 is 2.67 bits per heavy atom. The Bertz CT molecular complexity index is 1100. The molecule has 0 aliphatic carbocycles. The minimum atomic E-state index is -0.387. The van der Waals surface area contributed by atoms with Crippen LogP contribution in [0.3, 0.4) is 0 Å². The molecule has 0 spiro atoms. The van der Waals surface area contributed by atoms with Crippen molar-refractivity contribution in [3.05, 3.63) is 65.8 Å². The molecule has 1 atom stereocenters. The molecule has 1 amide bonds. The van der Waals surface area contributed by atoms with E-state index in [1.165, 1.54) is 12.1 Å². The van der Waals surface area contributed by atoms with Gasteiger partial charge in [-0.2, -0.15) is 4.98 Å². The Morgan fingerprint density at radius 2 is 1.94 bits per heavy atom. The molecule has 1 aromatic heterocycles. The van der Waals surface area contributed by atoms with Crippen molar-refractivity contribution in [2.45, 2.75) is 26.3 Å². The van der Waals surface area contributed by atoms with E-state index in [-0.39, 0.29) is 23.6 Å². The second-order valence-electron chi connectivity index (χ2n) is 7.88. The number of rotatable bonds is 7. The van der Waals surface area contributed by atoms with Gasteiger partial charge in [0.1, 0.15) is 5.82 Å². The molecule has 1 aliphatic rings. The number of amides is 1. The summed E-state index contributed by atoms with van der Waals surface area (Å²) in [4.78, 5) is 31.1.